The Hall–Kier alpha value is -0.810. The lowest BCUT2D eigenvalue weighted by molar-refractivity contribution is 0.404. The topological polar surface area (TPSA) is 22.4 Å². The number of hydrogen-bond acceptors (Lipinski definition) is 2. The van der Waals surface area contributed by atoms with Gasteiger partial charge >= 0.3 is 0 Å². The fraction of sp³-hybridized carbons (Fsp3) is 0.231. The highest BCUT2D eigenvalue weighted by Gasteiger charge is 2.20. The van der Waals surface area contributed by atoms with Crippen LogP contribution in [0.3, 0.4) is 0 Å². The lowest BCUT2D eigenvalue weighted by Crippen LogP contribution is -1.97. The molecular formula is C13H11Br2FO2. The normalized spacial score (nSPS) is 12.5. The van der Waals surface area contributed by atoms with Crippen LogP contribution in [0.5, 0.6) is 5.75 Å². The number of hydrogen-bond donors (Lipinski definition) is 0. The van der Waals surface area contributed by atoms with Crippen LogP contribution in [-0.4, -0.2) is 7.11 Å². The molecule has 0 N–H and O–H groups in total. The Morgan fingerprint density at radius 2 is 2.06 bits per heavy atom. The Bertz CT molecular complexity index is 566. The van der Waals surface area contributed by atoms with Crippen LogP contribution in [0.15, 0.2) is 33.2 Å². The highest BCUT2D eigenvalue weighted by molar-refractivity contribution is 9.10. The van der Waals surface area contributed by atoms with E-state index in [1.54, 1.807) is 6.07 Å². The van der Waals surface area contributed by atoms with Gasteiger partial charge in [0.05, 0.1) is 11.6 Å². The molecule has 2 nitrogen and oxygen atoms in total. The van der Waals surface area contributed by atoms with Gasteiger partial charge in [0.1, 0.15) is 27.9 Å². The Morgan fingerprint density at radius 1 is 1.33 bits per heavy atom. The molecule has 0 bridgehead atoms. The van der Waals surface area contributed by atoms with Crippen molar-refractivity contribution < 1.29 is 13.5 Å². The van der Waals surface area contributed by atoms with Gasteiger partial charge in [-0.15, -0.1) is 0 Å². The molecule has 0 aliphatic heterocycles. The summed E-state index contributed by atoms with van der Waals surface area (Å²) in [7, 11) is 1.51. The van der Waals surface area contributed by atoms with Gasteiger partial charge in [-0.1, -0.05) is 15.9 Å². The molecule has 0 saturated heterocycles. The van der Waals surface area contributed by atoms with Crippen molar-refractivity contribution >= 4 is 31.9 Å². The molecule has 0 radical (unpaired) electrons. The van der Waals surface area contributed by atoms with Gasteiger partial charge in [-0.2, -0.15) is 0 Å². The van der Waals surface area contributed by atoms with Crippen molar-refractivity contribution in [1.82, 2.24) is 0 Å². The second kappa shape index (κ2) is 5.45. The van der Waals surface area contributed by atoms with E-state index in [0.717, 1.165) is 17.1 Å². The lowest BCUT2D eigenvalue weighted by Gasteiger charge is -2.13. The molecule has 1 aromatic carbocycles. The van der Waals surface area contributed by atoms with Gasteiger partial charge in [-0.3, -0.25) is 0 Å². The maximum absolute atomic E-state index is 13.5. The van der Waals surface area contributed by atoms with Crippen molar-refractivity contribution in [1.29, 1.82) is 0 Å². The largest absolute Gasteiger partial charge is 0.496 e. The number of furan rings is 1. The maximum atomic E-state index is 13.5. The van der Waals surface area contributed by atoms with Gasteiger partial charge in [-0.25, -0.2) is 4.39 Å². The zero-order valence-corrected chi connectivity index (χ0v) is 13.0. The monoisotopic (exact) mass is 376 g/mol. The second-order valence-electron chi connectivity index (χ2n) is 3.82. The molecule has 5 heteroatoms. The summed E-state index contributed by atoms with van der Waals surface area (Å²) in [5.41, 5.74) is 0.806. The first kappa shape index (κ1) is 13.6. The number of aryl methyl sites for hydroxylation is 1. The van der Waals surface area contributed by atoms with Crippen LogP contribution < -0.4 is 4.74 Å². The van der Waals surface area contributed by atoms with Crippen molar-refractivity contribution in [3.63, 3.8) is 0 Å². The molecule has 0 saturated carbocycles. The van der Waals surface area contributed by atoms with Crippen LogP contribution in [0.2, 0.25) is 0 Å². The molecular weight excluding hydrogens is 367 g/mol. The minimum absolute atomic E-state index is 0.182. The van der Waals surface area contributed by atoms with Crippen LogP contribution >= 0.6 is 31.9 Å². The van der Waals surface area contributed by atoms with E-state index >= 15 is 0 Å². The number of halogens is 3. The highest BCUT2D eigenvalue weighted by atomic mass is 79.9. The van der Waals surface area contributed by atoms with Gasteiger partial charge in [0.25, 0.3) is 0 Å². The van der Waals surface area contributed by atoms with E-state index in [1.165, 1.54) is 13.2 Å². The third-order valence-electron chi connectivity index (χ3n) is 2.56. The summed E-state index contributed by atoms with van der Waals surface area (Å²) in [5, 5.41) is 0. The average Bonchev–Trinajstić information content (AvgIpc) is 2.78. The third kappa shape index (κ3) is 2.62. The van der Waals surface area contributed by atoms with Gasteiger partial charge in [0, 0.05) is 11.6 Å². The van der Waals surface area contributed by atoms with Crippen molar-refractivity contribution in [2.24, 2.45) is 0 Å². The first-order chi connectivity index (χ1) is 8.52. The number of rotatable bonds is 3. The number of methoxy groups -OCH3 is 1. The summed E-state index contributed by atoms with van der Waals surface area (Å²) in [4.78, 5) is -0.182. The molecule has 18 heavy (non-hydrogen) atoms. The van der Waals surface area contributed by atoms with Crippen molar-refractivity contribution in [2.75, 3.05) is 7.11 Å². The predicted molar refractivity (Wildman–Crippen MR) is 74.9 cm³/mol. The van der Waals surface area contributed by atoms with E-state index in [4.69, 9.17) is 9.15 Å². The zero-order valence-electron chi connectivity index (χ0n) is 9.84. The summed E-state index contributed by atoms with van der Waals surface area (Å²) in [6.07, 6.45) is 0. The standard InChI is InChI=1S/C13H11Br2FO2/c1-7-3-4-11(18-7)13(15)8-5-9(14)10(16)6-12(8)17-2/h3-6,13H,1-2H3. The lowest BCUT2D eigenvalue weighted by atomic mass is 10.1. The van der Waals surface area contributed by atoms with Gasteiger partial charge in [0.2, 0.25) is 0 Å². The van der Waals surface area contributed by atoms with Crippen molar-refractivity contribution in [3.8, 4) is 5.75 Å². The second-order valence-corrected chi connectivity index (χ2v) is 5.59. The summed E-state index contributed by atoms with van der Waals surface area (Å²) in [6.45, 7) is 1.88. The van der Waals surface area contributed by atoms with E-state index < -0.39 is 0 Å². The Morgan fingerprint density at radius 3 is 2.61 bits per heavy atom. The fourth-order valence-electron chi connectivity index (χ4n) is 1.66. The Kier molecular flexibility index (Phi) is 4.12. The van der Waals surface area contributed by atoms with Gasteiger partial charge in [-0.05, 0) is 41.1 Å². The van der Waals surface area contributed by atoms with E-state index in [1.807, 2.05) is 19.1 Å². The molecule has 1 heterocycles. The smallest absolute Gasteiger partial charge is 0.141 e. The van der Waals surface area contributed by atoms with Crippen LogP contribution in [-0.2, 0) is 0 Å². The number of ether oxygens (including phenoxy) is 1. The molecule has 1 aromatic heterocycles. The molecule has 0 fully saturated rings. The Balaban J connectivity index is 2.46. The average molecular weight is 378 g/mol. The number of alkyl halides is 1. The van der Waals surface area contributed by atoms with Crippen molar-refractivity contribution in [2.45, 2.75) is 11.8 Å². The Labute approximate surface area is 121 Å². The SMILES string of the molecule is COc1cc(F)c(Br)cc1C(Br)c1ccc(C)o1. The minimum Gasteiger partial charge on any atom is -0.496 e. The zero-order chi connectivity index (χ0) is 13.3. The molecule has 1 atom stereocenters. The van der Waals surface area contributed by atoms with Gasteiger partial charge in [0.15, 0.2) is 0 Å². The van der Waals surface area contributed by atoms with E-state index in [-0.39, 0.29) is 10.6 Å². The summed E-state index contributed by atoms with van der Waals surface area (Å²) in [6, 6.07) is 6.80. The molecule has 1 unspecified atom stereocenters. The molecule has 2 rings (SSSR count). The van der Waals surface area contributed by atoms with Gasteiger partial charge < -0.3 is 9.15 Å². The summed E-state index contributed by atoms with van der Waals surface area (Å²) >= 11 is 6.71. The summed E-state index contributed by atoms with van der Waals surface area (Å²) in [5.74, 6) is 1.71. The molecule has 96 valence electrons. The molecule has 0 aliphatic rings. The minimum atomic E-state index is -0.356. The van der Waals surface area contributed by atoms with E-state index in [9.17, 15) is 4.39 Å². The highest BCUT2D eigenvalue weighted by Crippen LogP contribution is 2.39. The number of benzene rings is 1. The van der Waals surface area contributed by atoms with E-state index in [0.29, 0.717) is 10.2 Å². The van der Waals surface area contributed by atoms with E-state index in [2.05, 4.69) is 31.9 Å². The van der Waals surface area contributed by atoms with Crippen LogP contribution in [0, 0.1) is 12.7 Å². The third-order valence-corrected chi connectivity index (χ3v) is 4.11. The predicted octanol–water partition coefficient (Wildman–Crippen LogP) is 4.98. The summed E-state index contributed by atoms with van der Waals surface area (Å²) < 4.78 is 24.6. The quantitative estimate of drug-likeness (QED) is 0.703. The van der Waals surface area contributed by atoms with Crippen LogP contribution in [0.25, 0.3) is 0 Å². The van der Waals surface area contributed by atoms with Crippen LogP contribution in [0.1, 0.15) is 21.9 Å². The first-order valence-electron chi connectivity index (χ1n) is 5.26. The van der Waals surface area contributed by atoms with Crippen molar-refractivity contribution in [3.05, 3.63) is 51.6 Å². The maximum Gasteiger partial charge on any atom is 0.141 e. The van der Waals surface area contributed by atoms with Crippen LogP contribution in [0.4, 0.5) is 4.39 Å². The molecule has 0 aliphatic carbocycles. The molecule has 0 spiro atoms. The fourth-order valence-corrected chi connectivity index (χ4v) is 2.63. The molecule has 0 amide bonds. The first-order valence-corrected chi connectivity index (χ1v) is 6.97. The molecule has 2 aromatic rings.